The smallest absolute Gasteiger partial charge is 0.354 e. The number of amides is 3. The van der Waals surface area contributed by atoms with Gasteiger partial charge < -0.3 is 19.4 Å². The van der Waals surface area contributed by atoms with Crippen molar-refractivity contribution < 1.29 is 28.3 Å². The van der Waals surface area contributed by atoms with Crippen LogP contribution in [0.15, 0.2) is 47.1 Å². The number of ether oxygens (including phenoxy) is 1. The lowest BCUT2D eigenvalue weighted by molar-refractivity contribution is -0.159. The molecule has 9 nitrogen and oxygen atoms in total. The number of hydrogen-bond acceptors (Lipinski definition) is 6. The van der Waals surface area contributed by atoms with E-state index in [0.29, 0.717) is 17.0 Å². The highest BCUT2D eigenvalue weighted by Gasteiger charge is 2.60. The minimum absolute atomic E-state index is 0.0890. The van der Waals surface area contributed by atoms with E-state index in [1.165, 1.54) is 23.1 Å². The Morgan fingerprint density at radius 1 is 1.21 bits per heavy atom. The molecule has 0 bridgehead atoms. The fourth-order valence-corrected chi connectivity index (χ4v) is 3.79. The number of likely N-dealkylation sites (N-methyl/N-ethyl adjacent to an activating group) is 1. The van der Waals surface area contributed by atoms with Crippen molar-refractivity contribution in [3.05, 3.63) is 54.0 Å². The van der Waals surface area contributed by atoms with Gasteiger partial charge in [0.1, 0.15) is 5.76 Å². The predicted molar refractivity (Wildman–Crippen MR) is 99.5 cm³/mol. The zero-order chi connectivity index (χ0) is 20.6. The van der Waals surface area contributed by atoms with E-state index in [9.17, 15) is 19.2 Å². The minimum atomic E-state index is -1.59. The summed E-state index contributed by atoms with van der Waals surface area (Å²) in [6, 6.07) is 10.0. The number of para-hydroxylation sites is 1. The van der Waals surface area contributed by atoms with E-state index in [0.717, 1.165) is 0 Å². The normalized spacial score (nSPS) is 20.3. The number of fused-ring (bicyclic) bond motifs is 3. The number of carbonyl (C=O) groups excluding carboxylic acids is 4. The lowest BCUT2D eigenvalue weighted by Crippen LogP contribution is -2.67. The summed E-state index contributed by atoms with van der Waals surface area (Å²) in [6.45, 7) is -0.377. The van der Waals surface area contributed by atoms with Gasteiger partial charge in [-0.25, -0.2) is 4.79 Å². The summed E-state index contributed by atoms with van der Waals surface area (Å²) in [7, 11) is 1.46. The number of carbonyl (C=O) groups is 4. The molecule has 0 saturated carbocycles. The Balaban J connectivity index is 1.53. The number of nitrogens with zero attached hydrogens (tertiary/aromatic N) is 2. The number of nitrogens with one attached hydrogen (secondary N) is 1. The number of anilines is 1. The molecule has 3 amide bonds. The van der Waals surface area contributed by atoms with Crippen LogP contribution in [0.1, 0.15) is 29.0 Å². The molecule has 2 aromatic rings. The maximum Gasteiger partial charge on any atom is 0.354 e. The molecule has 1 saturated heterocycles. The fraction of sp³-hybridized carbons (Fsp3) is 0.300. The molecule has 2 aliphatic rings. The molecule has 0 radical (unpaired) electrons. The number of furan rings is 1. The zero-order valence-electron chi connectivity index (χ0n) is 15.7. The van der Waals surface area contributed by atoms with Gasteiger partial charge in [-0.15, -0.1) is 0 Å². The van der Waals surface area contributed by atoms with Crippen molar-refractivity contribution in [2.45, 2.75) is 25.0 Å². The van der Waals surface area contributed by atoms with Crippen LogP contribution in [0.25, 0.3) is 0 Å². The van der Waals surface area contributed by atoms with Gasteiger partial charge in [-0.3, -0.25) is 19.3 Å². The molecule has 1 atom stereocenters. The first-order valence-electron chi connectivity index (χ1n) is 9.11. The van der Waals surface area contributed by atoms with Crippen LogP contribution in [0.3, 0.4) is 0 Å². The van der Waals surface area contributed by atoms with Gasteiger partial charge in [-0.1, -0.05) is 12.1 Å². The summed E-state index contributed by atoms with van der Waals surface area (Å²) in [4.78, 5) is 53.0. The van der Waals surface area contributed by atoms with Gasteiger partial charge in [-0.05, 0) is 24.3 Å². The molecule has 0 aliphatic carbocycles. The first kappa shape index (κ1) is 18.7. The van der Waals surface area contributed by atoms with E-state index in [-0.39, 0.29) is 31.2 Å². The summed E-state index contributed by atoms with van der Waals surface area (Å²) in [5.41, 5.74) is -0.883. The largest absolute Gasteiger partial charge is 0.467 e. The summed E-state index contributed by atoms with van der Waals surface area (Å²) < 4.78 is 10.4. The van der Waals surface area contributed by atoms with Crippen LogP contribution < -0.4 is 10.2 Å². The molecule has 0 spiro atoms. The van der Waals surface area contributed by atoms with Crippen LogP contribution in [0.2, 0.25) is 0 Å². The zero-order valence-corrected chi connectivity index (χ0v) is 15.7. The van der Waals surface area contributed by atoms with Gasteiger partial charge in [0.05, 0.1) is 24.1 Å². The summed E-state index contributed by atoms with van der Waals surface area (Å²) in [5, 5.41) is 2.57. The van der Waals surface area contributed by atoms with Gasteiger partial charge in [0, 0.05) is 19.9 Å². The van der Waals surface area contributed by atoms with Crippen molar-refractivity contribution in [3.8, 4) is 0 Å². The van der Waals surface area contributed by atoms with E-state index in [1.807, 2.05) is 0 Å². The van der Waals surface area contributed by atoms with E-state index >= 15 is 0 Å². The van der Waals surface area contributed by atoms with Crippen LogP contribution in [-0.2, 0) is 25.7 Å². The standard InChI is InChI=1S/C20H19N3O6/c1-22-18(26)14-6-2-3-7-15(14)23-17(25)8-9-20(22,23)19(27)29-12-16(24)21-11-13-5-4-10-28-13/h2-7,10H,8-9,11-12H2,1H3,(H,21,24)/t20-/m1/s1. The molecule has 1 N–H and O–H groups in total. The van der Waals surface area contributed by atoms with E-state index < -0.39 is 24.1 Å². The van der Waals surface area contributed by atoms with Crippen molar-refractivity contribution in [1.29, 1.82) is 0 Å². The Bertz CT molecular complexity index is 986. The molecule has 1 aromatic carbocycles. The second kappa shape index (κ2) is 7.08. The first-order chi connectivity index (χ1) is 13.9. The lowest BCUT2D eigenvalue weighted by Gasteiger charge is -2.46. The molecule has 29 heavy (non-hydrogen) atoms. The van der Waals surface area contributed by atoms with Crippen LogP contribution in [0.4, 0.5) is 5.69 Å². The number of esters is 1. The van der Waals surface area contributed by atoms with Gasteiger partial charge >= 0.3 is 5.97 Å². The van der Waals surface area contributed by atoms with Crippen molar-refractivity contribution in [2.24, 2.45) is 0 Å². The van der Waals surface area contributed by atoms with Crippen molar-refractivity contribution in [2.75, 3.05) is 18.6 Å². The maximum atomic E-state index is 13.0. The minimum Gasteiger partial charge on any atom is -0.467 e. The van der Waals surface area contributed by atoms with Crippen LogP contribution in [-0.4, -0.2) is 47.9 Å². The molecule has 0 unspecified atom stereocenters. The van der Waals surface area contributed by atoms with Crippen LogP contribution in [0.5, 0.6) is 0 Å². The van der Waals surface area contributed by atoms with Gasteiger partial charge in [0.25, 0.3) is 11.8 Å². The highest BCUT2D eigenvalue weighted by Crippen LogP contribution is 2.44. The summed E-state index contributed by atoms with van der Waals surface area (Å²) in [5.74, 6) is -1.44. The average Bonchev–Trinajstić information content (AvgIpc) is 3.37. The quantitative estimate of drug-likeness (QED) is 0.756. The molecule has 1 aromatic heterocycles. The van der Waals surface area contributed by atoms with Gasteiger partial charge in [0.2, 0.25) is 11.6 Å². The third kappa shape index (κ3) is 2.95. The highest BCUT2D eigenvalue weighted by molar-refractivity contribution is 6.15. The molecule has 2 aliphatic heterocycles. The Kier molecular flexibility index (Phi) is 4.57. The second-order valence-electron chi connectivity index (χ2n) is 6.86. The van der Waals surface area contributed by atoms with Crippen LogP contribution >= 0.6 is 0 Å². The third-order valence-electron chi connectivity index (χ3n) is 5.24. The van der Waals surface area contributed by atoms with Crippen molar-refractivity contribution >= 4 is 29.4 Å². The van der Waals surface area contributed by atoms with Crippen molar-refractivity contribution in [1.82, 2.24) is 10.2 Å². The molecule has 150 valence electrons. The Hall–Kier alpha value is -3.62. The Morgan fingerprint density at radius 3 is 2.76 bits per heavy atom. The van der Waals surface area contributed by atoms with E-state index in [1.54, 1.807) is 36.4 Å². The van der Waals surface area contributed by atoms with Gasteiger partial charge in [0.15, 0.2) is 6.61 Å². The first-order valence-corrected chi connectivity index (χ1v) is 9.11. The molecule has 4 rings (SSSR count). The van der Waals surface area contributed by atoms with Gasteiger partial charge in [-0.2, -0.15) is 0 Å². The van der Waals surface area contributed by atoms with E-state index in [4.69, 9.17) is 9.15 Å². The van der Waals surface area contributed by atoms with Crippen molar-refractivity contribution in [3.63, 3.8) is 0 Å². The predicted octanol–water partition coefficient (Wildman–Crippen LogP) is 1.05. The topological polar surface area (TPSA) is 109 Å². The third-order valence-corrected chi connectivity index (χ3v) is 5.24. The molecule has 3 heterocycles. The Labute approximate surface area is 166 Å². The Morgan fingerprint density at radius 2 is 2.00 bits per heavy atom. The maximum absolute atomic E-state index is 13.0. The monoisotopic (exact) mass is 397 g/mol. The SMILES string of the molecule is CN1C(=O)c2ccccc2N2C(=O)CC[C@@]12C(=O)OCC(=O)NCc1ccco1. The number of benzene rings is 1. The molecule has 9 heteroatoms. The number of hydrogen-bond donors (Lipinski definition) is 1. The molecular formula is C20H19N3O6. The lowest BCUT2D eigenvalue weighted by atomic mass is 9.97. The fourth-order valence-electron chi connectivity index (χ4n) is 3.79. The second-order valence-corrected chi connectivity index (χ2v) is 6.86. The highest BCUT2D eigenvalue weighted by atomic mass is 16.5. The average molecular weight is 397 g/mol. The summed E-state index contributed by atoms with van der Waals surface area (Å²) >= 11 is 0. The molecule has 1 fully saturated rings. The van der Waals surface area contributed by atoms with E-state index in [2.05, 4.69) is 5.32 Å². The summed E-state index contributed by atoms with van der Waals surface area (Å²) in [6.07, 6.45) is 1.67. The van der Waals surface area contributed by atoms with Crippen LogP contribution in [0, 0.1) is 0 Å². The number of rotatable bonds is 5. The molecular weight excluding hydrogens is 378 g/mol.